The van der Waals surface area contributed by atoms with E-state index in [0.717, 1.165) is 37.9 Å². The number of nitrogens with zero attached hydrogens (tertiary/aromatic N) is 1. The van der Waals surface area contributed by atoms with Gasteiger partial charge in [0.2, 0.25) is 0 Å². The first-order valence-electron chi connectivity index (χ1n) is 10.2. The maximum absolute atomic E-state index is 11.6. The van der Waals surface area contributed by atoms with Crippen molar-refractivity contribution >= 4 is 9.84 Å². The molecule has 0 amide bonds. The lowest BCUT2D eigenvalue weighted by Gasteiger charge is -2.55. The molecule has 1 aliphatic heterocycles. The van der Waals surface area contributed by atoms with E-state index in [4.69, 9.17) is 0 Å². The van der Waals surface area contributed by atoms with Crippen molar-refractivity contribution in [2.24, 2.45) is 0 Å². The molecule has 0 radical (unpaired) electrons. The molecule has 1 fully saturated rings. The molecule has 1 heterocycles. The summed E-state index contributed by atoms with van der Waals surface area (Å²) in [7, 11) is -0.953. The Morgan fingerprint density at radius 2 is 1.93 bits per heavy atom. The number of piperidine rings is 1. The van der Waals surface area contributed by atoms with Gasteiger partial charge in [0.05, 0.1) is 4.90 Å². The standard InChI is InChI=1S/C23H30N2O3S/c1-23-11-13-25(2)21(14-17-6-7-18(26)15-20(17)23)22(23)24-12-10-16-4-8-19(9-5-16)29(3,27)28/h4-9,15,21-22,24,26H,10-14H2,1-3H3/t21-,22-,23-/m1/s1. The summed E-state index contributed by atoms with van der Waals surface area (Å²) in [5.74, 6) is 0.340. The second kappa shape index (κ2) is 7.42. The van der Waals surface area contributed by atoms with Crippen LogP contribution in [0.2, 0.25) is 0 Å². The van der Waals surface area contributed by atoms with E-state index in [9.17, 15) is 13.5 Å². The third-order valence-electron chi connectivity index (χ3n) is 6.89. The van der Waals surface area contributed by atoms with Crippen molar-refractivity contribution in [2.45, 2.75) is 48.6 Å². The van der Waals surface area contributed by atoms with Gasteiger partial charge in [0.1, 0.15) is 5.75 Å². The van der Waals surface area contributed by atoms with Crippen LogP contribution in [0.15, 0.2) is 47.4 Å². The Hall–Kier alpha value is -1.89. The molecule has 1 saturated heterocycles. The highest BCUT2D eigenvalue weighted by Crippen LogP contribution is 2.45. The first kappa shape index (κ1) is 20.4. The first-order chi connectivity index (χ1) is 13.7. The second-order valence-electron chi connectivity index (χ2n) is 8.86. The van der Waals surface area contributed by atoms with Gasteiger partial charge < -0.3 is 15.3 Å². The van der Waals surface area contributed by atoms with Crippen LogP contribution in [0.4, 0.5) is 0 Å². The van der Waals surface area contributed by atoms with Crippen LogP contribution in [0.25, 0.3) is 0 Å². The number of rotatable bonds is 5. The largest absolute Gasteiger partial charge is 0.508 e. The number of likely N-dealkylation sites (N-methyl/N-ethyl adjacent to an activating group) is 1. The third kappa shape index (κ3) is 3.81. The number of hydrogen-bond donors (Lipinski definition) is 2. The Bertz CT molecular complexity index is 1000. The molecule has 1 aliphatic carbocycles. The average molecular weight is 415 g/mol. The quantitative estimate of drug-likeness (QED) is 0.787. The number of sulfone groups is 1. The minimum atomic E-state index is -3.16. The number of phenolic OH excluding ortho intramolecular Hbond substituents is 1. The molecule has 3 atom stereocenters. The molecule has 29 heavy (non-hydrogen) atoms. The molecular formula is C23H30N2O3S. The molecule has 0 unspecified atom stereocenters. The second-order valence-corrected chi connectivity index (χ2v) is 10.9. The van der Waals surface area contributed by atoms with Crippen LogP contribution in [0.5, 0.6) is 5.75 Å². The first-order valence-corrected chi connectivity index (χ1v) is 12.1. The Morgan fingerprint density at radius 3 is 2.62 bits per heavy atom. The minimum Gasteiger partial charge on any atom is -0.508 e. The zero-order valence-electron chi connectivity index (χ0n) is 17.4. The zero-order valence-corrected chi connectivity index (χ0v) is 18.2. The van der Waals surface area contributed by atoms with Crippen molar-refractivity contribution in [2.75, 3.05) is 26.4 Å². The third-order valence-corrected chi connectivity index (χ3v) is 8.02. The van der Waals surface area contributed by atoms with Crippen LogP contribution in [-0.4, -0.2) is 56.9 Å². The molecule has 156 valence electrons. The van der Waals surface area contributed by atoms with Crippen LogP contribution < -0.4 is 5.32 Å². The van der Waals surface area contributed by atoms with Gasteiger partial charge in [0, 0.05) is 23.8 Å². The van der Waals surface area contributed by atoms with Gasteiger partial charge in [-0.1, -0.05) is 25.1 Å². The fourth-order valence-corrected chi connectivity index (χ4v) is 5.75. The van der Waals surface area contributed by atoms with Crippen LogP contribution >= 0.6 is 0 Å². The molecule has 0 aromatic heterocycles. The van der Waals surface area contributed by atoms with Crippen molar-refractivity contribution in [3.8, 4) is 5.75 Å². The fourth-order valence-electron chi connectivity index (χ4n) is 5.12. The normalized spacial score (nSPS) is 26.9. The maximum Gasteiger partial charge on any atom is 0.175 e. The molecule has 4 rings (SSSR count). The lowest BCUT2D eigenvalue weighted by Crippen LogP contribution is -2.66. The molecule has 2 N–H and O–H groups in total. The Morgan fingerprint density at radius 1 is 1.21 bits per heavy atom. The molecular weight excluding hydrogens is 384 g/mol. The van der Waals surface area contributed by atoms with E-state index in [1.54, 1.807) is 18.2 Å². The lowest BCUT2D eigenvalue weighted by atomic mass is 9.61. The molecule has 2 aromatic carbocycles. The van der Waals surface area contributed by atoms with Gasteiger partial charge in [-0.25, -0.2) is 8.42 Å². The molecule has 0 saturated carbocycles. The van der Waals surface area contributed by atoms with Crippen LogP contribution in [0.1, 0.15) is 30.0 Å². The summed E-state index contributed by atoms with van der Waals surface area (Å²) in [5.41, 5.74) is 3.74. The topological polar surface area (TPSA) is 69.6 Å². The van der Waals surface area contributed by atoms with E-state index < -0.39 is 9.84 Å². The summed E-state index contributed by atoms with van der Waals surface area (Å²) in [6, 6.07) is 13.8. The van der Waals surface area contributed by atoms with E-state index in [1.807, 2.05) is 18.2 Å². The molecule has 2 aliphatic rings. The maximum atomic E-state index is 11.6. The van der Waals surface area contributed by atoms with Gasteiger partial charge in [-0.3, -0.25) is 0 Å². The van der Waals surface area contributed by atoms with Gasteiger partial charge >= 0.3 is 0 Å². The summed E-state index contributed by atoms with van der Waals surface area (Å²) >= 11 is 0. The average Bonchev–Trinajstić information content (AvgIpc) is 2.67. The number of benzene rings is 2. The SMILES string of the molecule is CN1CC[C@]2(C)c3cc(O)ccc3C[C@@H]1[C@H]2NCCc1ccc(S(C)(=O)=O)cc1. The Kier molecular flexibility index (Phi) is 5.21. The van der Waals surface area contributed by atoms with Crippen molar-refractivity contribution < 1.29 is 13.5 Å². The number of likely N-dealkylation sites (tertiary alicyclic amines) is 1. The van der Waals surface area contributed by atoms with E-state index in [1.165, 1.54) is 17.4 Å². The molecule has 2 aromatic rings. The predicted octanol–water partition coefficient (Wildman–Crippen LogP) is 2.51. The summed E-state index contributed by atoms with van der Waals surface area (Å²) in [5, 5.41) is 13.9. The molecule has 0 spiro atoms. The van der Waals surface area contributed by atoms with Crippen molar-refractivity contribution in [1.82, 2.24) is 10.2 Å². The van der Waals surface area contributed by atoms with Gasteiger partial charge in [0.25, 0.3) is 0 Å². The summed E-state index contributed by atoms with van der Waals surface area (Å²) in [4.78, 5) is 2.82. The van der Waals surface area contributed by atoms with E-state index in [0.29, 0.717) is 22.7 Å². The Balaban J connectivity index is 1.51. The zero-order chi connectivity index (χ0) is 20.8. The highest BCUT2D eigenvalue weighted by molar-refractivity contribution is 7.90. The lowest BCUT2D eigenvalue weighted by molar-refractivity contribution is 0.0663. The number of hydrogen-bond acceptors (Lipinski definition) is 5. The van der Waals surface area contributed by atoms with Gasteiger partial charge in [0.15, 0.2) is 9.84 Å². The highest BCUT2D eigenvalue weighted by Gasteiger charge is 2.49. The molecule has 5 nitrogen and oxygen atoms in total. The van der Waals surface area contributed by atoms with Gasteiger partial charge in [-0.2, -0.15) is 0 Å². The van der Waals surface area contributed by atoms with Gasteiger partial charge in [-0.15, -0.1) is 0 Å². The summed E-state index contributed by atoms with van der Waals surface area (Å²) in [6.07, 6.45) is 4.12. The van der Waals surface area contributed by atoms with Crippen LogP contribution in [0.3, 0.4) is 0 Å². The van der Waals surface area contributed by atoms with E-state index in [-0.39, 0.29) is 5.41 Å². The summed E-state index contributed by atoms with van der Waals surface area (Å²) in [6.45, 7) is 4.21. The smallest absolute Gasteiger partial charge is 0.175 e. The summed E-state index contributed by atoms with van der Waals surface area (Å²) < 4.78 is 23.3. The van der Waals surface area contributed by atoms with Crippen molar-refractivity contribution in [3.63, 3.8) is 0 Å². The highest BCUT2D eigenvalue weighted by atomic mass is 32.2. The molecule has 2 bridgehead atoms. The number of phenols is 1. The van der Waals surface area contributed by atoms with E-state index in [2.05, 4.69) is 30.3 Å². The van der Waals surface area contributed by atoms with Crippen molar-refractivity contribution in [1.29, 1.82) is 0 Å². The Labute approximate surface area is 173 Å². The monoisotopic (exact) mass is 414 g/mol. The van der Waals surface area contributed by atoms with Crippen molar-refractivity contribution in [3.05, 3.63) is 59.2 Å². The van der Waals surface area contributed by atoms with Gasteiger partial charge in [-0.05, 0) is 80.4 Å². The van der Waals surface area contributed by atoms with E-state index >= 15 is 0 Å². The fraction of sp³-hybridized carbons (Fsp3) is 0.478. The predicted molar refractivity (Wildman–Crippen MR) is 115 cm³/mol. The minimum absolute atomic E-state index is 0.0103. The number of fused-ring (bicyclic) bond motifs is 4. The number of aromatic hydroxyl groups is 1. The molecule has 6 heteroatoms. The number of nitrogens with one attached hydrogen (secondary N) is 1. The van der Waals surface area contributed by atoms with Crippen LogP contribution in [-0.2, 0) is 28.1 Å². The van der Waals surface area contributed by atoms with Crippen LogP contribution in [0, 0.1) is 0 Å².